The number of carbonyl (C=O) groups excluding carboxylic acids is 2. The number of nitrogens with zero attached hydrogens (tertiary/aromatic N) is 2. The molecule has 0 bridgehead atoms. The van der Waals surface area contributed by atoms with Crippen molar-refractivity contribution in [2.45, 2.75) is 71.0 Å². The van der Waals surface area contributed by atoms with Crippen LogP contribution in [-0.4, -0.2) is 56.6 Å². The van der Waals surface area contributed by atoms with Crippen molar-refractivity contribution in [3.63, 3.8) is 0 Å². The number of ether oxygens (including phenoxy) is 1. The van der Waals surface area contributed by atoms with Crippen molar-refractivity contribution in [1.82, 2.24) is 10.2 Å². The summed E-state index contributed by atoms with van der Waals surface area (Å²) in [6, 6.07) is 15.6. The first-order chi connectivity index (χ1) is 17.7. The maximum Gasteiger partial charge on any atom is 0.244 e. The highest BCUT2D eigenvalue weighted by Crippen LogP contribution is 2.30. The van der Waals surface area contributed by atoms with E-state index in [0.717, 1.165) is 41.8 Å². The Morgan fingerprint density at radius 3 is 2.27 bits per heavy atom. The molecule has 1 saturated carbocycles. The Morgan fingerprint density at radius 2 is 1.65 bits per heavy atom. The van der Waals surface area contributed by atoms with Gasteiger partial charge < -0.3 is 15.0 Å². The molecule has 1 aliphatic rings. The van der Waals surface area contributed by atoms with Gasteiger partial charge in [-0.25, -0.2) is 8.42 Å². The molecule has 0 heterocycles. The van der Waals surface area contributed by atoms with E-state index in [9.17, 15) is 18.0 Å². The molecular formula is C28H39N3O5S. The summed E-state index contributed by atoms with van der Waals surface area (Å²) in [6.07, 6.45) is 6.68. The molecule has 2 aromatic rings. The first kappa shape index (κ1) is 28.5. The number of sulfonamides is 1. The van der Waals surface area contributed by atoms with Crippen LogP contribution in [0.25, 0.3) is 0 Å². The third-order valence-electron chi connectivity index (χ3n) is 6.65. The summed E-state index contributed by atoms with van der Waals surface area (Å²) in [5, 5.41) is 3.15. The molecule has 0 saturated heterocycles. The number of hydrogen-bond acceptors (Lipinski definition) is 5. The van der Waals surface area contributed by atoms with Gasteiger partial charge in [-0.3, -0.25) is 13.9 Å². The quantitative estimate of drug-likeness (QED) is 0.447. The van der Waals surface area contributed by atoms with Gasteiger partial charge in [0.15, 0.2) is 0 Å². The van der Waals surface area contributed by atoms with Crippen molar-refractivity contribution >= 4 is 27.5 Å². The van der Waals surface area contributed by atoms with Gasteiger partial charge in [0.25, 0.3) is 0 Å². The van der Waals surface area contributed by atoms with E-state index < -0.39 is 28.5 Å². The van der Waals surface area contributed by atoms with E-state index in [1.54, 1.807) is 24.3 Å². The van der Waals surface area contributed by atoms with Crippen molar-refractivity contribution in [3.05, 3.63) is 60.2 Å². The Balaban J connectivity index is 1.92. The fourth-order valence-corrected chi connectivity index (χ4v) is 5.63. The summed E-state index contributed by atoms with van der Waals surface area (Å²) in [5.74, 6) is -0.273. The molecule has 0 aromatic heterocycles. The topological polar surface area (TPSA) is 96.0 Å². The third-order valence-corrected chi connectivity index (χ3v) is 7.77. The van der Waals surface area contributed by atoms with Crippen LogP contribution in [0.5, 0.6) is 5.75 Å². The minimum Gasteiger partial charge on any atom is -0.492 e. The molecule has 2 amide bonds. The van der Waals surface area contributed by atoms with Crippen LogP contribution in [0.4, 0.5) is 5.69 Å². The highest BCUT2D eigenvalue weighted by Gasteiger charge is 2.33. The Hall–Kier alpha value is -3.07. The van der Waals surface area contributed by atoms with E-state index in [1.807, 2.05) is 44.2 Å². The number of rotatable bonds is 12. The first-order valence-electron chi connectivity index (χ1n) is 13.1. The maximum atomic E-state index is 13.8. The lowest BCUT2D eigenvalue weighted by molar-refractivity contribution is -0.140. The third kappa shape index (κ3) is 7.95. The largest absolute Gasteiger partial charge is 0.492 e. The molecule has 1 aliphatic carbocycles. The number of anilines is 1. The van der Waals surface area contributed by atoms with Crippen molar-refractivity contribution < 1.29 is 22.7 Å². The average Bonchev–Trinajstić information content (AvgIpc) is 2.88. The number of benzene rings is 2. The molecule has 2 aromatic carbocycles. The lowest BCUT2D eigenvalue weighted by Gasteiger charge is -2.34. The summed E-state index contributed by atoms with van der Waals surface area (Å²) in [6.45, 7) is 3.78. The zero-order valence-electron chi connectivity index (χ0n) is 22.1. The van der Waals surface area contributed by atoms with E-state index in [-0.39, 0.29) is 18.5 Å². The van der Waals surface area contributed by atoms with Crippen LogP contribution in [0.2, 0.25) is 0 Å². The highest BCUT2D eigenvalue weighted by molar-refractivity contribution is 7.92. The molecule has 1 N–H and O–H groups in total. The second-order valence-electron chi connectivity index (χ2n) is 9.45. The van der Waals surface area contributed by atoms with Crippen LogP contribution in [0, 0.1) is 0 Å². The zero-order valence-corrected chi connectivity index (χ0v) is 22.9. The van der Waals surface area contributed by atoms with Gasteiger partial charge in [0.05, 0.1) is 18.6 Å². The van der Waals surface area contributed by atoms with Gasteiger partial charge in [-0.15, -0.1) is 0 Å². The summed E-state index contributed by atoms with van der Waals surface area (Å²) < 4.78 is 32.4. The van der Waals surface area contributed by atoms with Gasteiger partial charge >= 0.3 is 0 Å². The van der Waals surface area contributed by atoms with E-state index in [2.05, 4.69) is 5.32 Å². The normalized spacial score (nSPS) is 15.0. The summed E-state index contributed by atoms with van der Waals surface area (Å²) in [7, 11) is -3.83. The van der Waals surface area contributed by atoms with Gasteiger partial charge in [0.2, 0.25) is 21.8 Å². The maximum absolute atomic E-state index is 13.8. The standard InChI is InChI=1S/C28H39N3O5S/c1-4-24(28(33)29-23-16-10-7-11-17-23)30(20-22-14-8-6-9-15-22)27(32)21-31(37(3,34)35)25-18-12-13-19-26(25)36-5-2/h6,8-9,12-15,18-19,23-24H,4-5,7,10-11,16-17,20-21H2,1-3H3,(H,29,33)/t24-/m0/s1. The van der Waals surface area contributed by atoms with Crippen LogP contribution in [0.15, 0.2) is 54.6 Å². The second kappa shape index (κ2) is 13.5. The minimum absolute atomic E-state index is 0.106. The molecule has 202 valence electrons. The van der Waals surface area contributed by atoms with Crippen LogP contribution in [0.3, 0.4) is 0 Å². The predicted molar refractivity (Wildman–Crippen MR) is 146 cm³/mol. The monoisotopic (exact) mass is 529 g/mol. The summed E-state index contributed by atoms with van der Waals surface area (Å²) >= 11 is 0. The van der Waals surface area contributed by atoms with Crippen LogP contribution >= 0.6 is 0 Å². The van der Waals surface area contributed by atoms with Crippen LogP contribution in [0.1, 0.15) is 57.9 Å². The second-order valence-corrected chi connectivity index (χ2v) is 11.4. The minimum atomic E-state index is -3.83. The Labute approximate surface area is 221 Å². The van der Waals surface area contributed by atoms with Crippen LogP contribution in [-0.2, 0) is 26.2 Å². The van der Waals surface area contributed by atoms with Gasteiger partial charge in [-0.2, -0.15) is 0 Å². The van der Waals surface area contributed by atoms with Crippen molar-refractivity contribution in [2.75, 3.05) is 23.7 Å². The predicted octanol–water partition coefficient (Wildman–Crippen LogP) is 4.11. The zero-order chi connectivity index (χ0) is 26.8. The molecule has 0 unspecified atom stereocenters. The average molecular weight is 530 g/mol. The van der Waals surface area contributed by atoms with Gasteiger partial charge in [0, 0.05) is 12.6 Å². The van der Waals surface area contributed by atoms with Gasteiger partial charge in [-0.1, -0.05) is 68.7 Å². The fraction of sp³-hybridized carbons (Fsp3) is 0.500. The van der Waals surface area contributed by atoms with E-state index in [4.69, 9.17) is 4.74 Å². The molecule has 1 fully saturated rings. The number of amides is 2. The number of hydrogen-bond donors (Lipinski definition) is 1. The van der Waals surface area contributed by atoms with E-state index >= 15 is 0 Å². The number of carbonyl (C=O) groups is 2. The molecule has 3 rings (SSSR count). The molecule has 9 heteroatoms. The molecule has 0 spiro atoms. The smallest absolute Gasteiger partial charge is 0.244 e. The molecule has 8 nitrogen and oxygen atoms in total. The summed E-state index contributed by atoms with van der Waals surface area (Å²) in [5.41, 5.74) is 1.15. The van der Waals surface area contributed by atoms with Gasteiger partial charge in [-0.05, 0) is 43.9 Å². The highest BCUT2D eigenvalue weighted by atomic mass is 32.2. The summed E-state index contributed by atoms with van der Waals surface area (Å²) in [4.78, 5) is 28.8. The molecule has 0 radical (unpaired) electrons. The lowest BCUT2D eigenvalue weighted by atomic mass is 9.95. The molecule has 0 aliphatic heterocycles. The van der Waals surface area contributed by atoms with Crippen molar-refractivity contribution in [1.29, 1.82) is 0 Å². The lowest BCUT2D eigenvalue weighted by Crippen LogP contribution is -2.54. The Bertz CT molecular complexity index is 1130. The Morgan fingerprint density at radius 1 is 1.00 bits per heavy atom. The first-order valence-corrected chi connectivity index (χ1v) is 14.9. The molecular weight excluding hydrogens is 490 g/mol. The van der Waals surface area contributed by atoms with Crippen molar-refractivity contribution in [2.24, 2.45) is 0 Å². The fourth-order valence-electron chi connectivity index (χ4n) is 4.78. The van der Waals surface area contributed by atoms with E-state index in [0.29, 0.717) is 24.5 Å². The van der Waals surface area contributed by atoms with Crippen molar-refractivity contribution in [3.8, 4) is 5.75 Å². The van der Waals surface area contributed by atoms with Crippen LogP contribution < -0.4 is 14.4 Å². The SMILES string of the molecule is CCOc1ccccc1N(CC(=O)N(Cc1ccccc1)[C@@H](CC)C(=O)NC1CCCCC1)S(C)(=O)=O. The number of nitrogens with one attached hydrogen (secondary N) is 1. The molecule has 1 atom stereocenters. The number of para-hydroxylation sites is 2. The van der Waals surface area contributed by atoms with Gasteiger partial charge in [0.1, 0.15) is 18.3 Å². The molecule has 37 heavy (non-hydrogen) atoms. The Kier molecular flexibility index (Phi) is 10.4. The van der Waals surface area contributed by atoms with E-state index in [1.165, 1.54) is 11.3 Å².